The number of aliphatic carboxylic acids is 1. The summed E-state index contributed by atoms with van der Waals surface area (Å²) in [5, 5.41) is 14.4. The van der Waals surface area contributed by atoms with Gasteiger partial charge in [0, 0.05) is 18.2 Å². The van der Waals surface area contributed by atoms with Crippen LogP contribution in [0.5, 0.6) is 11.5 Å². The van der Waals surface area contributed by atoms with Crippen molar-refractivity contribution in [2.75, 3.05) is 13.2 Å². The maximum absolute atomic E-state index is 12.8. The average molecular weight is 647 g/mol. The third kappa shape index (κ3) is 13.0. The standard InChI is InChI=1S/C38H50N2O7/c1-7-28-22-30(29-18-12-9-13-19-29)33(46-25-27-16-10-8-11-17-27)24-32(28)45-21-15-14-20-38(5,6)26-39-35(43)31(23-34(41)42)40-36(44)47-37(2,3)4/h8-13,16-19,22,24,31H,7,14-15,20-21,23,25-26H2,1-6H3,(H,39,43)(H,40,44)(H,41,42). The van der Waals surface area contributed by atoms with Gasteiger partial charge in [-0.1, -0.05) is 81.4 Å². The largest absolute Gasteiger partial charge is 0.493 e. The molecule has 0 saturated carbocycles. The lowest BCUT2D eigenvalue weighted by molar-refractivity contribution is -0.139. The van der Waals surface area contributed by atoms with Crippen LogP contribution in [0.4, 0.5) is 4.79 Å². The molecule has 0 radical (unpaired) electrons. The van der Waals surface area contributed by atoms with Crippen LogP contribution < -0.4 is 20.1 Å². The Morgan fingerprint density at radius 3 is 2.13 bits per heavy atom. The van der Waals surface area contributed by atoms with Gasteiger partial charge in [-0.3, -0.25) is 9.59 Å². The fourth-order valence-corrected chi connectivity index (χ4v) is 4.97. The first-order valence-corrected chi connectivity index (χ1v) is 16.3. The van der Waals surface area contributed by atoms with Gasteiger partial charge < -0.3 is 30.0 Å². The number of rotatable bonds is 17. The van der Waals surface area contributed by atoms with E-state index in [0.29, 0.717) is 19.8 Å². The Hall–Kier alpha value is -4.53. The van der Waals surface area contributed by atoms with Crippen LogP contribution in [0.3, 0.4) is 0 Å². The van der Waals surface area contributed by atoms with Gasteiger partial charge in [-0.05, 0) is 74.6 Å². The van der Waals surface area contributed by atoms with Crippen molar-refractivity contribution >= 4 is 18.0 Å². The molecule has 1 unspecified atom stereocenters. The highest BCUT2D eigenvalue weighted by atomic mass is 16.6. The molecule has 3 aromatic rings. The van der Waals surface area contributed by atoms with Crippen LogP contribution in [0.1, 0.15) is 78.4 Å². The van der Waals surface area contributed by atoms with Crippen LogP contribution in [-0.2, 0) is 27.4 Å². The minimum atomic E-state index is -1.24. The summed E-state index contributed by atoms with van der Waals surface area (Å²) in [5.74, 6) is -0.183. The van der Waals surface area contributed by atoms with Crippen LogP contribution in [0.2, 0.25) is 0 Å². The second-order valence-corrected chi connectivity index (χ2v) is 13.4. The molecule has 0 spiro atoms. The first-order chi connectivity index (χ1) is 22.3. The molecule has 47 heavy (non-hydrogen) atoms. The van der Waals surface area contributed by atoms with Crippen molar-refractivity contribution in [2.45, 2.75) is 91.9 Å². The number of nitrogens with one attached hydrogen (secondary N) is 2. The number of amides is 2. The molecule has 0 fully saturated rings. The lowest BCUT2D eigenvalue weighted by atomic mass is 9.87. The number of alkyl carbamates (subject to hydrolysis) is 1. The molecule has 0 bridgehead atoms. The molecule has 9 nitrogen and oxygen atoms in total. The number of ether oxygens (including phenoxy) is 3. The molecule has 3 aromatic carbocycles. The summed E-state index contributed by atoms with van der Waals surface area (Å²) in [6.07, 6.45) is 1.90. The maximum atomic E-state index is 12.8. The van der Waals surface area contributed by atoms with E-state index in [0.717, 1.165) is 59.4 Å². The smallest absolute Gasteiger partial charge is 0.408 e. The minimum absolute atomic E-state index is 0.264. The zero-order valence-electron chi connectivity index (χ0n) is 28.6. The lowest BCUT2D eigenvalue weighted by Crippen LogP contribution is -2.50. The fraction of sp³-hybridized carbons (Fsp3) is 0.447. The molecule has 9 heteroatoms. The summed E-state index contributed by atoms with van der Waals surface area (Å²) in [7, 11) is 0. The Morgan fingerprint density at radius 1 is 0.851 bits per heavy atom. The molecule has 1 atom stereocenters. The number of hydrogen-bond donors (Lipinski definition) is 3. The monoisotopic (exact) mass is 646 g/mol. The van der Waals surface area contributed by atoms with Crippen LogP contribution >= 0.6 is 0 Å². The van der Waals surface area contributed by atoms with Crippen molar-refractivity contribution in [2.24, 2.45) is 5.41 Å². The van der Waals surface area contributed by atoms with E-state index < -0.39 is 36.0 Å². The number of hydrogen-bond acceptors (Lipinski definition) is 6. The number of unbranched alkanes of at least 4 members (excludes halogenated alkanes) is 1. The summed E-state index contributed by atoms with van der Waals surface area (Å²) in [5.41, 5.74) is 3.27. The predicted octanol–water partition coefficient (Wildman–Crippen LogP) is 7.55. The molecular weight excluding hydrogens is 596 g/mol. The molecular formula is C38H50N2O7. The minimum Gasteiger partial charge on any atom is -0.493 e. The van der Waals surface area contributed by atoms with E-state index in [4.69, 9.17) is 14.2 Å². The van der Waals surface area contributed by atoms with Gasteiger partial charge in [-0.25, -0.2) is 4.79 Å². The van der Waals surface area contributed by atoms with E-state index in [2.05, 4.69) is 35.8 Å². The zero-order valence-corrected chi connectivity index (χ0v) is 28.6. The predicted molar refractivity (Wildman–Crippen MR) is 184 cm³/mol. The third-order valence-corrected chi connectivity index (χ3v) is 7.50. The van der Waals surface area contributed by atoms with Gasteiger partial charge in [0.1, 0.15) is 29.7 Å². The molecule has 2 amide bonds. The molecule has 0 heterocycles. The summed E-state index contributed by atoms with van der Waals surface area (Å²) in [6.45, 7) is 12.6. The van der Waals surface area contributed by atoms with Crippen LogP contribution in [0, 0.1) is 5.41 Å². The molecule has 3 rings (SSSR count). The van der Waals surface area contributed by atoms with Crippen LogP contribution in [0.15, 0.2) is 72.8 Å². The number of benzene rings is 3. The molecule has 3 N–H and O–H groups in total. The van der Waals surface area contributed by atoms with Gasteiger partial charge in [-0.15, -0.1) is 0 Å². The molecule has 0 saturated heterocycles. The summed E-state index contributed by atoms with van der Waals surface area (Å²) >= 11 is 0. The summed E-state index contributed by atoms with van der Waals surface area (Å²) in [6, 6.07) is 23.2. The highest BCUT2D eigenvalue weighted by Gasteiger charge is 2.28. The third-order valence-electron chi connectivity index (χ3n) is 7.50. The number of carbonyl (C=O) groups excluding carboxylic acids is 2. The second-order valence-electron chi connectivity index (χ2n) is 13.4. The van der Waals surface area contributed by atoms with Gasteiger partial charge in [0.05, 0.1) is 13.0 Å². The van der Waals surface area contributed by atoms with E-state index in [9.17, 15) is 19.5 Å². The lowest BCUT2D eigenvalue weighted by Gasteiger charge is -2.27. The molecule has 0 aliphatic rings. The Kier molecular flexibility index (Phi) is 13.7. The average Bonchev–Trinajstić information content (AvgIpc) is 3.02. The van der Waals surface area contributed by atoms with Crippen molar-refractivity contribution in [1.82, 2.24) is 10.6 Å². The maximum Gasteiger partial charge on any atom is 0.408 e. The van der Waals surface area contributed by atoms with Crippen molar-refractivity contribution in [3.63, 3.8) is 0 Å². The highest BCUT2D eigenvalue weighted by molar-refractivity contribution is 5.89. The zero-order chi connectivity index (χ0) is 34.5. The topological polar surface area (TPSA) is 123 Å². The van der Waals surface area contributed by atoms with Crippen molar-refractivity contribution in [1.29, 1.82) is 0 Å². The van der Waals surface area contributed by atoms with Gasteiger partial charge >= 0.3 is 12.1 Å². The van der Waals surface area contributed by atoms with E-state index in [1.54, 1.807) is 20.8 Å². The number of carboxylic acids is 1. The van der Waals surface area contributed by atoms with Crippen LogP contribution in [0.25, 0.3) is 11.1 Å². The number of carboxylic acid groups (broad SMARTS) is 1. The van der Waals surface area contributed by atoms with E-state index in [1.807, 2.05) is 68.4 Å². The van der Waals surface area contributed by atoms with E-state index in [1.165, 1.54) is 0 Å². The normalized spacial score (nSPS) is 12.1. The molecule has 0 aliphatic heterocycles. The summed E-state index contributed by atoms with van der Waals surface area (Å²) in [4.78, 5) is 36.3. The quantitative estimate of drug-likeness (QED) is 0.129. The molecule has 0 aliphatic carbocycles. The van der Waals surface area contributed by atoms with Crippen molar-refractivity contribution in [3.8, 4) is 22.6 Å². The Bertz CT molecular complexity index is 1450. The SMILES string of the molecule is CCc1cc(-c2ccccc2)c(OCc2ccccc2)cc1OCCCCC(C)(C)CNC(=O)C(CC(=O)O)NC(=O)OC(C)(C)C. The van der Waals surface area contributed by atoms with Gasteiger partial charge in [0.15, 0.2) is 0 Å². The number of carbonyl (C=O) groups is 3. The second kappa shape index (κ2) is 17.4. The first-order valence-electron chi connectivity index (χ1n) is 16.3. The Balaban J connectivity index is 1.56. The number of aryl methyl sites for hydroxylation is 1. The highest BCUT2D eigenvalue weighted by Crippen LogP contribution is 2.37. The van der Waals surface area contributed by atoms with E-state index in [-0.39, 0.29) is 5.41 Å². The van der Waals surface area contributed by atoms with E-state index >= 15 is 0 Å². The first kappa shape index (κ1) is 36.9. The van der Waals surface area contributed by atoms with Gasteiger partial charge in [-0.2, -0.15) is 0 Å². The fourth-order valence-electron chi connectivity index (χ4n) is 4.97. The van der Waals surface area contributed by atoms with Crippen molar-refractivity contribution < 1.29 is 33.7 Å². The Labute approximate surface area is 279 Å². The summed E-state index contributed by atoms with van der Waals surface area (Å²) < 4.78 is 17.8. The van der Waals surface area contributed by atoms with Crippen molar-refractivity contribution in [3.05, 3.63) is 83.9 Å². The molecule has 0 aromatic heterocycles. The van der Waals surface area contributed by atoms with Crippen LogP contribution in [-0.4, -0.2) is 47.9 Å². The Morgan fingerprint density at radius 2 is 1.51 bits per heavy atom. The molecule has 254 valence electrons. The van der Waals surface area contributed by atoms with Gasteiger partial charge in [0.2, 0.25) is 5.91 Å². The van der Waals surface area contributed by atoms with Gasteiger partial charge in [0.25, 0.3) is 0 Å².